The molecule has 0 fully saturated rings. The van der Waals surface area contributed by atoms with Crippen LogP contribution in [0.1, 0.15) is 23.0 Å². The summed E-state index contributed by atoms with van der Waals surface area (Å²) in [5, 5.41) is 7.78. The summed E-state index contributed by atoms with van der Waals surface area (Å²) in [4.78, 5) is 14.0. The second-order valence-electron chi connectivity index (χ2n) is 4.13. The quantitative estimate of drug-likeness (QED) is 0.865. The van der Waals surface area contributed by atoms with E-state index in [1.807, 2.05) is 38.1 Å². The largest absolute Gasteiger partial charge is 0.307 e. The Morgan fingerprint density at radius 2 is 1.84 bits per heavy atom. The van der Waals surface area contributed by atoms with Crippen LogP contribution >= 0.6 is 11.6 Å². The summed E-state index contributed by atoms with van der Waals surface area (Å²) >= 11 is 5.67. The molecule has 98 valence electrons. The van der Waals surface area contributed by atoms with Gasteiger partial charge in [-0.3, -0.25) is 4.79 Å². The van der Waals surface area contributed by atoms with Crippen LogP contribution in [0, 0.1) is 6.92 Å². The van der Waals surface area contributed by atoms with Gasteiger partial charge in [-0.25, -0.2) is 0 Å². The minimum absolute atomic E-state index is 0.185. The number of hydrogen-bond acceptors (Lipinski definition) is 3. The van der Waals surface area contributed by atoms with E-state index in [0.29, 0.717) is 6.54 Å². The fourth-order valence-electron chi connectivity index (χ4n) is 1.74. The summed E-state index contributed by atoms with van der Waals surface area (Å²) < 4.78 is 0. The van der Waals surface area contributed by atoms with Crippen molar-refractivity contribution in [3.63, 3.8) is 0 Å². The highest BCUT2D eigenvalue weighted by atomic mass is 35.5. The Hall–Kier alpha value is -1.94. The molecule has 2 aromatic rings. The number of nitrogens with zero attached hydrogens (tertiary/aromatic N) is 3. The minimum Gasteiger partial charge on any atom is -0.307 e. The third-order valence-corrected chi connectivity index (χ3v) is 2.96. The van der Waals surface area contributed by atoms with Crippen molar-refractivity contribution < 1.29 is 4.79 Å². The van der Waals surface area contributed by atoms with Gasteiger partial charge in [0.1, 0.15) is 0 Å². The van der Waals surface area contributed by atoms with Crippen molar-refractivity contribution in [1.29, 1.82) is 0 Å². The van der Waals surface area contributed by atoms with Gasteiger partial charge in [0, 0.05) is 12.2 Å². The molecule has 5 heteroatoms. The molecule has 0 spiro atoms. The lowest BCUT2D eigenvalue weighted by Gasteiger charge is -2.20. The summed E-state index contributed by atoms with van der Waals surface area (Å²) in [6, 6.07) is 10.9. The zero-order valence-corrected chi connectivity index (χ0v) is 11.6. The van der Waals surface area contributed by atoms with E-state index in [1.54, 1.807) is 17.0 Å². The Balaban J connectivity index is 2.29. The molecule has 0 aliphatic carbocycles. The normalized spacial score (nSPS) is 10.3. The van der Waals surface area contributed by atoms with Crippen LogP contribution in [0.5, 0.6) is 0 Å². The topological polar surface area (TPSA) is 46.1 Å². The second kappa shape index (κ2) is 5.80. The van der Waals surface area contributed by atoms with Crippen molar-refractivity contribution in [2.75, 3.05) is 11.4 Å². The first-order valence-corrected chi connectivity index (χ1v) is 6.37. The van der Waals surface area contributed by atoms with Crippen LogP contribution in [0.2, 0.25) is 5.15 Å². The van der Waals surface area contributed by atoms with Gasteiger partial charge >= 0.3 is 0 Å². The first-order chi connectivity index (χ1) is 9.11. The molecule has 1 amide bonds. The van der Waals surface area contributed by atoms with Gasteiger partial charge in [0.2, 0.25) is 0 Å². The van der Waals surface area contributed by atoms with Gasteiger partial charge in [-0.2, -0.15) is 0 Å². The molecule has 0 aliphatic heterocycles. The fourth-order valence-corrected chi connectivity index (χ4v) is 1.84. The van der Waals surface area contributed by atoms with Gasteiger partial charge in [-0.1, -0.05) is 29.3 Å². The SMILES string of the molecule is CCN(C(=O)c1ccc(Cl)nn1)c1ccc(C)cc1. The number of anilines is 1. The third-order valence-electron chi connectivity index (χ3n) is 2.76. The molecule has 1 aromatic heterocycles. The van der Waals surface area contributed by atoms with E-state index in [1.165, 1.54) is 0 Å². The van der Waals surface area contributed by atoms with Crippen LogP contribution in [0.15, 0.2) is 36.4 Å². The molecule has 0 saturated heterocycles. The van der Waals surface area contributed by atoms with Crippen molar-refractivity contribution in [3.05, 3.63) is 52.8 Å². The first kappa shape index (κ1) is 13.5. The zero-order chi connectivity index (χ0) is 13.8. The highest BCUT2D eigenvalue weighted by Crippen LogP contribution is 2.17. The van der Waals surface area contributed by atoms with Crippen molar-refractivity contribution >= 4 is 23.2 Å². The van der Waals surface area contributed by atoms with Crippen LogP contribution in [0.4, 0.5) is 5.69 Å². The van der Waals surface area contributed by atoms with Crippen molar-refractivity contribution in [3.8, 4) is 0 Å². The molecule has 0 radical (unpaired) electrons. The highest BCUT2D eigenvalue weighted by molar-refractivity contribution is 6.29. The maximum atomic E-state index is 12.4. The lowest BCUT2D eigenvalue weighted by molar-refractivity contribution is 0.0982. The maximum absolute atomic E-state index is 12.4. The average molecular weight is 276 g/mol. The van der Waals surface area contributed by atoms with Crippen molar-refractivity contribution in [2.24, 2.45) is 0 Å². The number of aromatic nitrogens is 2. The Morgan fingerprint density at radius 3 is 2.37 bits per heavy atom. The number of halogens is 1. The van der Waals surface area contributed by atoms with Crippen LogP contribution in [-0.2, 0) is 0 Å². The van der Waals surface area contributed by atoms with Crippen molar-refractivity contribution in [2.45, 2.75) is 13.8 Å². The van der Waals surface area contributed by atoms with E-state index >= 15 is 0 Å². The number of carbonyl (C=O) groups excluding carboxylic acids is 1. The number of rotatable bonds is 3. The summed E-state index contributed by atoms with van der Waals surface area (Å²) in [7, 11) is 0. The molecule has 2 rings (SSSR count). The summed E-state index contributed by atoms with van der Waals surface area (Å²) in [6.45, 7) is 4.49. The highest BCUT2D eigenvalue weighted by Gasteiger charge is 2.17. The Labute approximate surface area is 117 Å². The number of carbonyl (C=O) groups is 1. The monoisotopic (exact) mass is 275 g/mol. The van der Waals surface area contributed by atoms with Crippen LogP contribution in [0.25, 0.3) is 0 Å². The van der Waals surface area contributed by atoms with Crippen molar-refractivity contribution in [1.82, 2.24) is 10.2 Å². The first-order valence-electron chi connectivity index (χ1n) is 5.99. The summed E-state index contributed by atoms with van der Waals surface area (Å²) in [6.07, 6.45) is 0. The third kappa shape index (κ3) is 3.09. The average Bonchev–Trinajstić information content (AvgIpc) is 2.42. The molecule has 0 saturated carbocycles. The molecule has 1 heterocycles. The van der Waals surface area contributed by atoms with E-state index in [0.717, 1.165) is 11.3 Å². The lowest BCUT2D eigenvalue weighted by Crippen LogP contribution is -2.31. The smallest absolute Gasteiger partial charge is 0.278 e. The molecule has 0 unspecified atom stereocenters. The standard InChI is InChI=1S/C14H14ClN3O/c1-3-18(11-6-4-10(2)5-7-11)14(19)12-8-9-13(15)17-16-12/h4-9H,3H2,1-2H3. The molecule has 0 aliphatic rings. The number of aryl methyl sites for hydroxylation is 1. The van der Waals surface area contributed by atoms with E-state index in [4.69, 9.17) is 11.6 Å². The maximum Gasteiger partial charge on any atom is 0.278 e. The van der Waals surface area contributed by atoms with Crippen LogP contribution in [-0.4, -0.2) is 22.6 Å². The lowest BCUT2D eigenvalue weighted by atomic mass is 10.2. The van der Waals surface area contributed by atoms with Gasteiger partial charge in [-0.05, 0) is 38.1 Å². The van der Waals surface area contributed by atoms with E-state index in [9.17, 15) is 4.79 Å². The van der Waals surface area contributed by atoms with Crippen LogP contribution < -0.4 is 4.90 Å². The number of hydrogen-bond donors (Lipinski definition) is 0. The molecule has 1 aromatic carbocycles. The molecular weight excluding hydrogens is 262 g/mol. The molecular formula is C14H14ClN3O. The summed E-state index contributed by atoms with van der Waals surface area (Å²) in [5.74, 6) is -0.185. The van der Waals surface area contributed by atoms with E-state index in [-0.39, 0.29) is 16.8 Å². The van der Waals surface area contributed by atoms with Gasteiger partial charge in [0.25, 0.3) is 5.91 Å². The molecule has 0 bridgehead atoms. The molecule has 19 heavy (non-hydrogen) atoms. The predicted octanol–water partition coefficient (Wildman–Crippen LogP) is 3.11. The second-order valence-corrected chi connectivity index (χ2v) is 4.51. The van der Waals surface area contributed by atoms with Gasteiger partial charge < -0.3 is 4.90 Å². The Kier molecular flexibility index (Phi) is 4.12. The predicted molar refractivity (Wildman–Crippen MR) is 75.6 cm³/mol. The number of benzene rings is 1. The Morgan fingerprint density at radius 1 is 1.16 bits per heavy atom. The molecule has 0 atom stereocenters. The molecule has 4 nitrogen and oxygen atoms in total. The van der Waals surface area contributed by atoms with Gasteiger partial charge in [-0.15, -0.1) is 10.2 Å². The van der Waals surface area contributed by atoms with Crippen LogP contribution in [0.3, 0.4) is 0 Å². The van der Waals surface area contributed by atoms with Gasteiger partial charge in [0.15, 0.2) is 10.8 Å². The minimum atomic E-state index is -0.185. The van der Waals surface area contributed by atoms with E-state index < -0.39 is 0 Å². The Bertz CT molecular complexity index is 566. The molecule has 0 N–H and O–H groups in total. The zero-order valence-electron chi connectivity index (χ0n) is 10.8. The number of amides is 1. The fraction of sp³-hybridized carbons (Fsp3) is 0.214. The summed E-state index contributed by atoms with van der Waals surface area (Å²) in [5.41, 5.74) is 2.28. The van der Waals surface area contributed by atoms with E-state index in [2.05, 4.69) is 10.2 Å². The van der Waals surface area contributed by atoms with Gasteiger partial charge in [0.05, 0.1) is 0 Å².